The number of carbonyl (C=O) groups excluding carboxylic acids is 2. The Labute approximate surface area is 107 Å². The first-order valence-electron chi connectivity index (χ1n) is 5.13. The smallest absolute Gasteiger partial charge is 0.249 e. The molecule has 1 atom stereocenters. The summed E-state index contributed by atoms with van der Waals surface area (Å²) in [7, 11) is 0. The molecule has 1 aliphatic rings. The minimum absolute atomic E-state index is 0.0800. The monoisotopic (exact) mass is 272 g/mol. The molecule has 2 amide bonds. The number of nitrogens with one attached hydrogen (secondary N) is 2. The molecule has 0 aromatic carbocycles. The molecule has 2 N–H and O–H groups in total. The molecule has 1 aromatic heterocycles. The maximum atomic E-state index is 11.9. The van der Waals surface area contributed by atoms with Crippen molar-refractivity contribution < 1.29 is 9.59 Å². The van der Waals surface area contributed by atoms with E-state index in [0.717, 1.165) is 10.8 Å². The average Bonchev–Trinajstić information content (AvgIpc) is 2.56. The molecular weight excluding hydrogens is 260 g/mol. The summed E-state index contributed by atoms with van der Waals surface area (Å²) >= 11 is 2.91. The second-order valence-electron chi connectivity index (χ2n) is 3.56. The van der Waals surface area contributed by atoms with Gasteiger partial charge in [-0.05, 0) is 6.92 Å². The average molecular weight is 272 g/mol. The van der Waals surface area contributed by atoms with Crippen molar-refractivity contribution in [1.82, 2.24) is 15.5 Å². The topological polar surface area (TPSA) is 84.0 Å². The molecule has 8 heteroatoms. The summed E-state index contributed by atoms with van der Waals surface area (Å²) in [6, 6.07) is -0.487. The van der Waals surface area contributed by atoms with Gasteiger partial charge in [0.2, 0.25) is 16.9 Å². The third kappa shape index (κ3) is 3.40. The van der Waals surface area contributed by atoms with Gasteiger partial charge in [-0.15, -0.1) is 10.2 Å². The summed E-state index contributed by atoms with van der Waals surface area (Å²) in [5.41, 5.74) is 0. The molecule has 2 rings (SSSR count). The van der Waals surface area contributed by atoms with E-state index in [1.54, 1.807) is 11.8 Å². The van der Waals surface area contributed by atoms with E-state index in [9.17, 15) is 9.59 Å². The van der Waals surface area contributed by atoms with E-state index in [0.29, 0.717) is 17.3 Å². The van der Waals surface area contributed by atoms with Crippen molar-refractivity contribution >= 4 is 40.0 Å². The fraction of sp³-hybridized carbons (Fsp3) is 0.556. The number of rotatable bonds is 2. The molecule has 0 spiro atoms. The first kappa shape index (κ1) is 12.3. The van der Waals surface area contributed by atoms with Crippen LogP contribution in [0.5, 0.6) is 0 Å². The van der Waals surface area contributed by atoms with Crippen molar-refractivity contribution in [2.75, 3.05) is 16.8 Å². The Bertz CT molecular complexity index is 434. The van der Waals surface area contributed by atoms with Crippen molar-refractivity contribution in [3.05, 3.63) is 5.01 Å². The van der Waals surface area contributed by atoms with Crippen LogP contribution < -0.4 is 10.6 Å². The van der Waals surface area contributed by atoms with Crippen LogP contribution in [0.15, 0.2) is 0 Å². The lowest BCUT2D eigenvalue weighted by atomic mass is 10.3. The number of nitrogens with zero attached hydrogens (tertiary/aromatic N) is 2. The van der Waals surface area contributed by atoms with Gasteiger partial charge in [-0.1, -0.05) is 11.3 Å². The number of anilines is 1. The van der Waals surface area contributed by atoms with Gasteiger partial charge in [0.1, 0.15) is 11.0 Å². The van der Waals surface area contributed by atoms with E-state index in [2.05, 4.69) is 20.8 Å². The third-order valence-corrected chi connectivity index (χ3v) is 3.98. The number of amides is 2. The third-order valence-electron chi connectivity index (χ3n) is 2.17. The largest absolute Gasteiger partial charge is 0.343 e. The highest BCUT2D eigenvalue weighted by Gasteiger charge is 2.24. The van der Waals surface area contributed by atoms with Crippen LogP contribution in [-0.2, 0) is 9.59 Å². The van der Waals surface area contributed by atoms with Crippen LogP contribution in [0.2, 0.25) is 0 Å². The van der Waals surface area contributed by atoms with Gasteiger partial charge in [0.15, 0.2) is 0 Å². The molecule has 1 aromatic rings. The minimum atomic E-state index is -0.487. The van der Waals surface area contributed by atoms with Gasteiger partial charge in [0, 0.05) is 17.9 Å². The van der Waals surface area contributed by atoms with Crippen molar-refractivity contribution in [3.63, 3.8) is 0 Å². The fourth-order valence-electron chi connectivity index (χ4n) is 1.36. The zero-order chi connectivity index (χ0) is 12.3. The van der Waals surface area contributed by atoms with Gasteiger partial charge < -0.3 is 5.32 Å². The minimum Gasteiger partial charge on any atom is -0.343 e. The zero-order valence-corrected chi connectivity index (χ0v) is 10.9. The molecule has 92 valence electrons. The summed E-state index contributed by atoms with van der Waals surface area (Å²) < 4.78 is 0. The number of aromatic nitrogens is 2. The van der Waals surface area contributed by atoms with E-state index in [1.165, 1.54) is 11.3 Å². The highest BCUT2D eigenvalue weighted by atomic mass is 32.2. The zero-order valence-electron chi connectivity index (χ0n) is 9.23. The Morgan fingerprint density at radius 3 is 3.06 bits per heavy atom. The highest BCUT2D eigenvalue weighted by molar-refractivity contribution is 7.99. The maximum absolute atomic E-state index is 11.9. The lowest BCUT2D eigenvalue weighted by molar-refractivity contribution is -0.125. The molecular formula is C9H12N4O2S2. The summed E-state index contributed by atoms with van der Waals surface area (Å²) in [4.78, 5) is 23.2. The normalized spacial score (nSPS) is 20.5. The van der Waals surface area contributed by atoms with Crippen molar-refractivity contribution in [3.8, 4) is 0 Å². The van der Waals surface area contributed by atoms with Crippen LogP contribution in [0.25, 0.3) is 0 Å². The number of hydrogen-bond donors (Lipinski definition) is 2. The summed E-state index contributed by atoms with van der Waals surface area (Å²) in [5, 5.41) is 14.2. The maximum Gasteiger partial charge on any atom is 0.249 e. The highest BCUT2D eigenvalue weighted by Crippen LogP contribution is 2.15. The molecule has 1 aliphatic heterocycles. The van der Waals surface area contributed by atoms with Crippen LogP contribution in [0.1, 0.15) is 11.4 Å². The quantitative estimate of drug-likeness (QED) is 0.814. The van der Waals surface area contributed by atoms with Crippen molar-refractivity contribution in [2.45, 2.75) is 19.4 Å². The number of carbonyl (C=O) groups is 2. The summed E-state index contributed by atoms with van der Waals surface area (Å²) in [6.45, 7) is 1.82. The number of aryl methyl sites for hydroxylation is 1. The predicted molar refractivity (Wildman–Crippen MR) is 67.1 cm³/mol. The first-order valence-corrected chi connectivity index (χ1v) is 7.10. The van der Waals surface area contributed by atoms with E-state index >= 15 is 0 Å². The second-order valence-corrected chi connectivity index (χ2v) is 5.89. The Hall–Kier alpha value is -1.15. The van der Waals surface area contributed by atoms with Crippen LogP contribution in [0.3, 0.4) is 0 Å². The van der Waals surface area contributed by atoms with Gasteiger partial charge in [0.05, 0.1) is 0 Å². The van der Waals surface area contributed by atoms with Crippen molar-refractivity contribution in [1.29, 1.82) is 0 Å². The fourth-order valence-corrected chi connectivity index (χ4v) is 2.92. The van der Waals surface area contributed by atoms with Gasteiger partial charge in [0.25, 0.3) is 0 Å². The lowest BCUT2D eigenvalue weighted by Gasteiger charge is -2.13. The predicted octanol–water partition coefficient (Wildman–Crippen LogP) is 0.407. The van der Waals surface area contributed by atoms with Crippen LogP contribution in [-0.4, -0.2) is 39.6 Å². The molecule has 17 heavy (non-hydrogen) atoms. The molecule has 2 heterocycles. The molecule has 0 aliphatic carbocycles. The van der Waals surface area contributed by atoms with Crippen molar-refractivity contribution in [2.24, 2.45) is 0 Å². The van der Waals surface area contributed by atoms with E-state index in [4.69, 9.17) is 0 Å². The number of thioether (sulfide) groups is 1. The summed E-state index contributed by atoms with van der Waals surface area (Å²) in [6.07, 6.45) is 0.465. The molecule has 0 bridgehead atoms. The first-order chi connectivity index (χ1) is 8.15. The van der Waals surface area contributed by atoms with Crippen LogP contribution in [0.4, 0.5) is 5.13 Å². The van der Waals surface area contributed by atoms with Gasteiger partial charge in [-0.2, -0.15) is 11.8 Å². The molecule has 0 radical (unpaired) electrons. The SMILES string of the molecule is Cc1nnc(NC(=O)[C@H]2CSCCC(=O)N2)s1. The van der Waals surface area contributed by atoms with Gasteiger partial charge in [-0.3, -0.25) is 14.9 Å². The molecule has 6 nitrogen and oxygen atoms in total. The van der Waals surface area contributed by atoms with E-state index < -0.39 is 6.04 Å². The molecule has 0 saturated carbocycles. The lowest BCUT2D eigenvalue weighted by Crippen LogP contribution is -2.44. The Morgan fingerprint density at radius 1 is 1.53 bits per heavy atom. The number of hydrogen-bond acceptors (Lipinski definition) is 6. The van der Waals surface area contributed by atoms with E-state index in [-0.39, 0.29) is 11.8 Å². The van der Waals surface area contributed by atoms with Crippen LogP contribution in [0, 0.1) is 6.92 Å². The molecule has 0 unspecified atom stereocenters. The Balaban J connectivity index is 1.96. The Kier molecular flexibility index (Phi) is 3.95. The Morgan fingerprint density at radius 2 is 2.35 bits per heavy atom. The molecule has 1 fully saturated rings. The van der Waals surface area contributed by atoms with Gasteiger partial charge >= 0.3 is 0 Å². The van der Waals surface area contributed by atoms with Crippen LogP contribution >= 0.6 is 23.1 Å². The van der Waals surface area contributed by atoms with Gasteiger partial charge in [-0.25, -0.2) is 0 Å². The standard InChI is InChI=1S/C9H12N4O2S2/c1-5-12-13-9(17-5)11-8(15)6-4-16-3-2-7(14)10-6/h6H,2-4H2,1H3,(H,10,14)(H,11,13,15)/t6-/m1/s1. The molecule has 1 saturated heterocycles. The van der Waals surface area contributed by atoms with E-state index in [1.807, 2.05) is 6.92 Å². The summed E-state index contributed by atoms with van der Waals surface area (Å²) in [5.74, 6) is 1.04. The second kappa shape index (κ2) is 5.46.